The minimum absolute atomic E-state index is 0. The van der Waals surface area contributed by atoms with Crippen LogP contribution in [0.1, 0.15) is 181 Å². The number of aryl methyl sites for hydroxylation is 1. The van der Waals surface area contributed by atoms with Gasteiger partial charge in [0.25, 0.3) is 5.91 Å². The Morgan fingerprint density at radius 2 is 1.71 bits per heavy atom. The molecule has 1 unspecified atom stereocenters. The standard InChI is InChI=1S/C34H43F7N3O6P.55H2/c1-18(2)32(8,26-14-22(33(36,37)38)15-27(20(26)4)34(39,40)41)50-30-29(25-12-11-23(35)13-19(25)3)43(31(6,7)21(5)49-30)17-24-16-28(45)44(42-24)51(46,47-9)48-10;;;;;;;;;;;;;;;;;;;;;;;;;;;;;;;;;;;;;;;;;;;;;;;;;;;;;;;/h11-15,18,21,29-30H,16-17H2,1-10H3;55*1H/t21?,29-,30+,32+;;;;;;;;;;;;;;;;;;;;;;;;;;;;;;;;;;;;;;;;;;;;;;;;;;;;;;;/m0......................................................./s1/i18D;9*1+1D;;;;;;;;;;;;;;;;;;;;;;;;;;;;;;;;;;;;;;;;;;;;;;. The number of alkyl halides is 6. The molecule has 0 saturated carbocycles. The molecule has 0 radical (unpaired) electrons. The molecule has 2 aliphatic rings. The Labute approximate surface area is 390 Å². The second-order valence-electron chi connectivity index (χ2n) is 13.6. The van der Waals surface area contributed by atoms with E-state index in [1.54, 1.807) is 27.7 Å². The van der Waals surface area contributed by atoms with Gasteiger partial charge in [0, 0.05) is 120 Å². The number of ether oxygens (including phenoxy) is 2. The number of amides is 1. The minimum Gasteiger partial charge on any atom is -0.346 e. The van der Waals surface area contributed by atoms with E-state index >= 15 is 0 Å². The molecule has 17 heteroatoms. The molecule has 0 N–H and O–H groups in total. The zero-order chi connectivity index (χ0) is 57.6. The highest BCUT2D eigenvalue weighted by Gasteiger charge is 2.53. The Bertz CT molecular complexity index is 1880. The fourth-order valence-electron chi connectivity index (χ4n) is 6.39. The highest BCUT2D eigenvalue weighted by atomic mass is 31.2. The molecule has 394 valence electrons. The first-order valence-corrected chi connectivity index (χ1v) is 17.4. The third-order valence-corrected chi connectivity index (χ3v) is 11.6. The quantitative estimate of drug-likeness (QED) is 0.173. The van der Waals surface area contributed by atoms with Gasteiger partial charge in [0.05, 0.1) is 41.0 Å². The summed E-state index contributed by atoms with van der Waals surface area (Å²) >= 11 is 0. The van der Waals surface area contributed by atoms with Gasteiger partial charge < -0.3 is 9.47 Å². The number of rotatable bonds is 10. The van der Waals surface area contributed by atoms with Crippen molar-refractivity contribution in [1.29, 1.82) is 0 Å². The van der Waals surface area contributed by atoms with Gasteiger partial charge in [-0.15, -0.1) is 4.78 Å². The van der Waals surface area contributed by atoms with Crippen LogP contribution in [0, 0.1) is 25.6 Å². The van der Waals surface area contributed by atoms with Crippen molar-refractivity contribution in [2.24, 2.45) is 11.0 Å². The topological polar surface area (TPSA) is 89.9 Å². The smallest absolute Gasteiger partial charge is 0.346 e. The van der Waals surface area contributed by atoms with Crippen molar-refractivity contribution < 1.29 is 152 Å². The van der Waals surface area contributed by atoms with Crippen molar-refractivity contribution in [2.75, 3.05) is 20.8 Å². The second-order valence-corrected chi connectivity index (χ2v) is 15.6. The van der Waals surface area contributed by atoms with Gasteiger partial charge in [0.2, 0.25) is 0 Å². The van der Waals surface area contributed by atoms with Gasteiger partial charge in [-0.3, -0.25) is 18.7 Å². The summed E-state index contributed by atoms with van der Waals surface area (Å²) in [6, 6.07) is 3.38. The fourth-order valence-corrected chi connectivity index (χ4v) is 7.43. The van der Waals surface area contributed by atoms with Gasteiger partial charge in [-0.1, -0.05) is 19.9 Å². The van der Waals surface area contributed by atoms with E-state index < -0.39 is 89.5 Å². The Morgan fingerprint density at radius 1 is 1.12 bits per heavy atom. The lowest BCUT2D eigenvalue weighted by Gasteiger charge is -2.56. The molecule has 0 spiro atoms. The van der Waals surface area contributed by atoms with E-state index in [2.05, 4.69) is 5.10 Å². The summed E-state index contributed by atoms with van der Waals surface area (Å²) < 4.78 is 235. The van der Waals surface area contributed by atoms with E-state index in [1.165, 1.54) is 39.0 Å². The molecule has 2 aromatic rings. The summed E-state index contributed by atoms with van der Waals surface area (Å²) in [5.74, 6) is -3.17. The Kier molecular flexibility index (Phi) is 7.94. The van der Waals surface area contributed by atoms with Gasteiger partial charge in [0.15, 0.2) is 6.29 Å². The molecule has 2 heterocycles. The maximum Gasteiger partial charge on any atom is 0.457 e. The highest BCUT2D eigenvalue weighted by molar-refractivity contribution is 7.52. The van der Waals surface area contributed by atoms with Crippen LogP contribution in [-0.4, -0.2) is 60.0 Å². The van der Waals surface area contributed by atoms with Crippen molar-refractivity contribution in [3.8, 4) is 0 Å². The molecule has 1 fully saturated rings. The summed E-state index contributed by atoms with van der Waals surface area (Å²) in [7, 11) is -1.96. The van der Waals surface area contributed by atoms with Crippen molar-refractivity contribution in [3.63, 3.8) is 0 Å². The van der Waals surface area contributed by atoms with Crippen LogP contribution >= 0.6 is 7.75 Å². The third-order valence-electron chi connectivity index (χ3n) is 9.94. The lowest BCUT2D eigenvalue weighted by Crippen LogP contribution is -2.64. The van der Waals surface area contributed by atoms with Gasteiger partial charge in [-0.05, 0) is 94.0 Å². The number of benzene rings is 2. The van der Waals surface area contributed by atoms with E-state index in [4.69, 9.17) is 46.6 Å². The van der Waals surface area contributed by atoms with Crippen molar-refractivity contribution in [1.82, 2.24) is 9.68 Å². The van der Waals surface area contributed by atoms with Crippen molar-refractivity contribution >= 4 is 19.4 Å². The normalized spacial score (nSPS) is 25.1. The molecule has 9 nitrogen and oxygen atoms in total. The molecule has 4 rings (SSSR count). The number of hydrazone groups is 1. The highest BCUT2D eigenvalue weighted by Crippen LogP contribution is 2.53. The Hall–Kier alpha value is -2.88. The van der Waals surface area contributed by atoms with E-state index in [0.29, 0.717) is 22.0 Å². The van der Waals surface area contributed by atoms with Crippen LogP contribution in [0.15, 0.2) is 35.4 Å². The number of hydrogen-bond donors (Lipinski definition) is 0. The number of hydrogen-bond acceptors (Lipinski definition) is 8. The van der Waals surface area contributed by atoms with Crippen LogP contribution < -0.4 is 0 Å². The van der Waals surface area contributed by atoms with E-state index in [9.17, 15) is 40.1 Å². The van der Waals surface area contributed by atoms with Crippen LogP contribution in [0.25, 0.3) is 0 Å². The SMILES string of the molecule is [2H]C(C)(C)[C@@](C)(O[C@H]1OC(C)C(C)(C)N(CC2=NN(P(=O)(OC)OC)C(=O)C2)[C@H]1c1ccc(F)cc1C)c1cc(C(F)(F)F)cc(C(F)(F)F)c1C.[2H][2H].[2H][2H].[2H][2H].[2H][2H].[2H][2H].[2H][2H].[2H][2H].[2H][2H].[2H][2H].[HH].[HH].[HH].[HH].[HH].[HH].[HH].[HH].[HH].[HH].[HH].[HH].[HH].[HH].[HH].[HH].[HH].[HH].[HH].[HH].[HH].[HH].[HH].[HH].[HH].[HH].[HH].[HH].[HH].[HH].[HH].[HH].[HH].[HH].[HH].[HH].[HH].[HH].[HH].[HH].[HH].[HH].[HH].[HH].[HH].[HH]. The van der Waals surface area contributed by atoms with Crippen LogP contribution in [0.5, 0.6) is 0 Å². The van der Waals surface area contributed by atoms with Gasteiger partial charge in [-0.2, -0.15) is 31.4 Å². The molecule has 4 atom stereocenters. The molecule has 1 saturated heterocycles. The van der Waals surface area contributed by atoms with Gasteiger partial charge in [-0.25, -0.2) is 8.96 Å². The molecular weight excluding hydrogens is 710 g/mol. The molecule has 0 aliphatic carbocycles. The van der Waals surface area contributed by atoms with Crippen LogP contribution in [-0.2, 0) is 45.8 Å². The number of morpholine rings is 1. The largest absolute Gasteiger partial charge is 0.457 e. The number of carbonyl (C=O) groups is 1. The molecular formula is C34H153F7N3O6P. The first-order chi connectivity index (χ1) is 32.6. The predicted molar refractivity (Wildman–Crippen MR) is 290 cm³/mol. The Morgan fingerprint density at radius 3 is 2.22 bits per heavy atom. The summed E-state index contributed by atoms with van der Waals surface area (Å²) in [6.07, 6.45) is -12.9. The molecule has 0 bridgehead atoms. The summed E-state index contributed by atoms with van der Waals surface area (Å²) in [4.78, 5) is 14.8. The van der Waals surface area contributed by atoms with E-state index in [0.717, 1.165) is 21.1 Å². The molecule has 1 amide bonds. The maximum atomic E-state index is 14.5. The average molecular weight is 884 g/mol. The van der Waals surface area contributed by atoms with Crippen molar-refractivity contribution in [2.45, 2.75) is 104 Å². The Balaban J connectivity index is -0.0000000120. The summed E-state index contributed by atoms with van der Waals surface area (Å²) in [6.45, 7) is 11.6. The van der Waals surface area contributed by atoms with E-state index in [1.807, 2.05) is 4.90 Å². The minimum atomic E-state index is -5.18. The lowest BCUT2D eigenvalue weighted by atomic mass is 9.79. The van der Waals surface area contributed by atoms with Gasteiger partial charge in [0.1, 0.15) is 5.82 Å². The maximum absolute atomic E-state index is 14.5. The molecule has 0 aromatic heterocycles. The third kappa shape index (κ3) is 7.77. The van der Waals surface area contributed by atoms with Crippen LogP contribution in [0.2, 0.25) is 0 Å². The summed E-state index contributed by atoms with van der Waals surface area (Å²) in [5, 5.41) is 4.26. The predicted octanol–water partition coefficient (Wildman–Crippen LogP) is 22.5. The number of nitrogens with zero attached hydrogens (tertiary/aromatic N) is 3. The lowest BCUT2D eigenvalue weighted by molar-refractivity contribution is -0.310. The number of carbonyl (C=O) groups excluding carboxylic acids is 1. The zero-order valence-electron chi connectivity index (χ0n) is 48.9. The first kappa shape index (κ1) is 28.6. The number of halogens is 7. The molecule has 51 heavy (non-hydrogen) atoms. The molecule has 2 aromatic carbocycles. The summed E-state index contributed by atoms with van der Waals surface area (Å²) in [5.41, 5.74) is -6.38. The molecule has 2 aliphatic heterocycles. The monoisotopic (exact) mass is 883 g/mol. The average Bonchev–Trinajstić information content (AvgIpc) is 0.791. The zero-order valence-corrected chi connectivity index (χ0v) is 30.8. The van der Waals surface area contributed by atoms with Crippen molar-refractivity contribution in [3.05, 3.63) is 69.5 Å². The van der Waals surface area contributed by atoms with Gasteiger partial charge >= 0.3 is 20.1 Å². The van der Waals surface area contributed by atoms with Crippen LogP contribution in [0.3, 0.4) is 0 Å². The second kappa shape index (κ2) is 14.2. The van der Waals surface area contributed by atoms with Crippen LogP contribution in [0.4, 0.5) is 30.7 Å². The first-order valence-electron chi connectivity index (χ1n) is 25.4. The van der Waals surface area contributed by atoms with E-state index in [-0.39, 0.29) is 90.4 Å². The fraction of sp³-hybridized carbons (Fsp3) is 0.588.